The molecule has 1 unspecified atom stereocenters. The third-order valence-corrected chi connectivity index (χ3v) is 5.02. The molecule has 124 valence electrons. The largest absolute Gasteiger partial charge is 0.495 e. The number of thioether (sulfide) groups is 1. The number of para-hydroxylation sites is 1. The number of halogens is 1. The van der Waals surface area contributed by atoms with Crippen molar-refractivity contribution in [1.82, 2.24) is 0 Å². The molecule has 5 nitrogen and oxygen atoms in total. The summed E-state index contributed by atoms with van der Waals surface area (Å²) in [6.45, 7) is 0. The zero-order chi connectivity index (χ0) is 17.1. The third-order valence-electron chi connectivity index (χ3n) is 3.51. The summed E-state index contributed by atoms with van der Waals surface area (Å²) in [5.41, 5.74) is 1.26. The number of fused-ring (bicyclic) bond motifs is 1. The van der Waals surface area contributed by atoms with E-state index in [1.54, 1.807) is 18.2 Å². The van der Waals surface area contributed by atoms with E-state index in [-0.39, 0.29) is 18.2 Å². The number of hydrogen-bond acceptors (Lipinski definition) is 4. The molecule has 24 heavy (non-hydrogen) atoms. The van der Waals surface area contributed by atoms with Crippen molar-refractivity contribution in [3.05, 3.63) is 47.5 Å². The van der Waals surface area contributed by atoms with E-state index in [1.165, 1.54) is 18.9 Å². The van der Waals surface area contributed by atoms with Gasteiger partial charge in [0.25, 0.3) is 0 Å². The number of amides is 2. The van der Waals surface area contributed by atoms with Gasteiger partial charge < -0.3 is 15.4 Å². The molecule has 2 amide bonds. The van der Waals surface area contributed by atoms with E-state index in [1.807, 2.05) is 24.3 Å². The number of ether oxygens (including phenoxy) is 1. The van der Waals surface area contributed by atoms with Gasteiger partial charge in [-0.1, -0.05) is 23.7 Å². The van der Waals surface area contributed by atoms with Crippen molar-refractivity contribution < 1.29 is 14.3 Å². The van der Waals surface area contributed by atoms with E-state index in [4.69, 9.17) is 16.3 Å². The Morgan fingerprint density at radius 1 is 1.33 bits per heavy atom. The maximum absolute atomic E-state index is 12.3. The van der Waals surface area contributed by atoms with Crippen LogP contribution in [0, 0.1) is 0 Å². The van der Waals surface area contributed by atoms with Crippen molar-refractivity contribution in [3.8, 4) is 5.75 Å². The summed E-state index contributed by atoms with van der Waals surface area (Å²) in [7, 11) is 1.51. The summed E-state index contributed by atoms with van der Waals surface area (Å²) in [5.74, 6) is 0.0633. The molecule has 0 spiro atoms. The van der Waals surface area contributed by atoms with Crippen molar-refractivity contribution in [2.45, 2.75) is 16.6 Å². The molecule has 3 rings (SSSR count). The van der Waals surface area contributed by atoms with Crippen LogP contribution in [0.4, 0.5) is 11.4 Å². The highest BCUT2D eigenvalue weighted by Crippen LogP contribution is 2.37. The Morgan fingerprint density at radius 3 is 2.92 bits per heavy atom. The van der Waals surface area contributed by atoms with Crippen LogP contribution in [0.3, 0.4) is 0 Å². The molecule has 0 bridgehead atoms. The highest BCUT2D eigenvalue weighted by atomic mass is 35.5. The van der Waals surface area contributed by atoms with E-state index in [2.05, 4.69) is 10.6 Å². The molecule has 1 atom stereocenters. The molecule has 0 radical (unpaired) electrons. The van der Waals surface area contributed by atoms with Gasteiger partial charge in [-0.25, -0.2) is 0 Å². The minimum atomic E-state index is -0.481. The number of methoxy groups -OCH3 is 1. The number of carbonyl (C=O) groups is 2. The number of nitrogens with one attached hydrogen (secondary N) is 2. The number of hydrogen-bond donors (Lipinski definition) is 2. The molecule has 2 N–H and O–H groups in total. The van der Waals surface area contributed by atoms with Crippen LogP contribution in [-0.2, 0) is 9.59 Å². The molecule has 0 aromatic heterocycles. The molecule has 1 heterocycles. The lowest BCUT2D eigenvalue weighted by Gasteiger charge is -2.23. The number of benzene rings is 2. The summed E-state index contributed by atoms with van der Waals surface area (Å²) < 4.78 is 5.20. The van der Waals surface area contributed by atoms with Gasteiger partial charge in [0, 0.05) is 16.3 Å². The van der Waals surface area contributed by atoms with Crippen LogP contribution in [-0.4, -0.2) is 24.2 Å². The molecule has 2 aromatic carbocycles. The van der Waals surface area contributed by atoms with Gasteiger partial charge >= 0.3 is 0 Å². The average molecular weight is 363 g/mol. The summed E-state index contributed by atoms with van der Waals surface area (Å²) >= 11 is 7.34. The molecule has 0 saturated carbocycles. The molecule has 2 aromatic rings. The Bertz CT molecular complexity index is 797. The second-order valence-electron chi connectivity index (χ2n) is 5.19. The van der Waals surface area contributed by atoms with Gasteiger partial charge in [-0.3, -0.25) is 9.59 Å². The lowest BCUT2D eigenvalue weighted by Crippen LogP contribution is -2.32. The number of rotatable bonds is 4. The monoisotopic (exact) mass is 362 g/mol. The van der Waals surface area contributed by atoms with Crippen LogP contribution < -0.4 is 15.4 Å². The van der Waals surface area contributed by atoms with Gasteiger partial charge in [0.2, 0.25) is 11.8 Å². The summed E-state index contributed by atoms with van der Waals surface area (Å²) in [5, 5.41) is 5.59. The molecule has 1 aliphatic heterocycles. The van der Waals surface area contributed by atoms with Crippen molar-refractivity contribution in [2.75, 3.05) is 17.7 Å². The van der Waals surface area contributed by atoms with Crippen molar-refractivity contribution in [3.63, 3.8) is 0 Å². The first-order valence-corrected chi connectivity index (χ1v) is 8.52. The van der Waals surface area contributed by atoms with Crippen LogP contribution in [0.1, 0.15) is 6.42 Å². The minimum absolute atomic E-state index is 0.0561. The topological polar surface area (TPSA) is 67.4 Å². The Balaban J connectivity index is 1.70. The van der Waals surface area contributed by atoms with Crippen molar-refractivity contribution >= 4 is 46.6 Å². The van der Waals surface area contributed by atoms with Gasteiger partial charge in [-0.05, 0) is 30.3 Å². The van der Waals surface area contributed by atoms with Gasteiger partial charge in [-0.2, -0.15) is 0 Å². The lowest BCUT2D eigenvalue weighted by atomic mass is 10.2. The average Bonchev–Trinajstić information content (AvgIpc) is 2.55. The summed E-state index contributed by atoms with van der Waals surface area (Å²) in [6.07, 6.45) is 0.0561. The predicted octanol–water partition coefficient (Wildman–Crippen LogP) is 3.79. The molecule has 0 saturated heterocycles. The Kier molecular flexibility index (Phi) is 4.97. The minimum Gasteiger partial charge on any atom is -0.495 e. The van der Waals surface area contributed by atoms with Crippen molar-refractivity contribution in [1.29, 1.82) is 0 Å². The Hall–Kier alpha value is -2.18. The van der Waals surface area contributed by atoms with E-state index < -0.39 is 5.25 Å². The first-order valence-electron chi connectivity index (χ1n) is 7.27. The highest BCUT2D eigenvalue weighted by molar-refractivity contribution is 8.01. The first-order chi connectivity index (χ1) is 11.6. The zero-order valence-electron chi connectivity index (χ0n) is 12.8. The van der Waals surface area contributed by atoms with E-state index >= 15 is 0 Å². The van der Waals surface area contributed by atoms with Crippen LogP contribution >= 0.6 is 23.4 Å². The van der Waals surface area contributed by atoms with Gasteiger partial charge in [-0.15, -0.1) is 11.8 Å². The quantitative estimate of drug-likeness (QED) is 0.868. The normalized spacial score (nSPS) is 16.1. The second-order valence-corrected chi connectivity index (χ2v) is 6.87. The van der Waals surface area contributed by atoms with Crippen LogP contribution in [0.5, 0.6) is 5.75 Å². The number of carbonyl (C=O) groups excluding carboxylic acids is 2. The maximum Gasteiger partial charge on any atom is 0.238 e. The SMILES string of the molecule is COc1ccc(Cl)cc1NC(=O)CC1Sc2ccccc2NC1=O. The molecule has 7 heteroatoms. The van der Waals surface area contributed by atoms with Gasteiger partial charge in [0.15, 0.2) is 0 Å². The Morgan fingerprint density at radius 2 is 2.12 bits per heavy atom. The second kappa shape index (κ2) is 7.15. The standard InChI is InChI=1S/C17H15ClN2O3S/c1-23-13-7-6-10(18)8-12(13)19-16(21)9-15-17(22)20-11-4-2-3-5-14(11)24-15/h2-8,15H,9H2,1H3,(H,19,21)(H,20,22). The van der Waals surface area contributed by atoms with Crippen molar-refractivity contribution in [2.24, 2.45) is 0 Å². The fraction of sp³-hybridized carbons (Fsp3) is 0.176. The van der Waals surface area contributed by atoms with Gasteiger partial charge in [0.1, 0.15) is 5.75 Å². The van der Waals surface area contributed by atoms with E-state index in [9.17, 15) is 9.59 Å². The summed E-state index contributed by atoms with van der Waals surface area (Å²) in [6, 6.07) is 12.5. The smallest absolute Gasteiger partial charge is 0.238 e. The maximum atomic E-state index is 12.3. The van der Waals surface area contributed by atoms with Crippen LogP contribution in [0.2, 0.25) is 5.02 Å². The van der Waals surface area contributed by atoms with Crippen LogP contribution in [0.15, 0.2) is 47.4 Å². The molecule has 1 aliphatic rings. The Labute approximate surface area is 148 Å². The van der Waals surface area contributed by atoms with E-state index in [0.29, 0.717) is 16.5 Å². The van der Waals surface area contributed by atoms with E-state index in [0.717, 1.165) is 10.6 Å². The highest BCUT2D eigenvalue weighted by Gasteiger charge is 2.29. The molecular formula is C17H15ClN2O3S. The van der Waals surface area contributed by atoms with Gasteiger partial charge in [0.05, 0.1) is 23.7 Å². The number of anilines is 2. The molecular weight excluding hydrogens is 348 g/mol. The fourth-order valence-corrected chi connectivity index (χ4v) is 3.66. The first kappa shape index (κ1) is 16.7. The summed E-state index contributed by atoms with van der Waals surface area (Å²) in [4.78, 5) is 25.4. The molecule has 0 fully saturated rings. The van der Waals surface area contributed by atoms with Crippen LogP contribution in [0.25, 0.3) is 0 Å². The fourth-order valence-electron chi connectivity index (χ4n) is 2.37. The lowest BCUT2D eigenvalue weighted by molar-refractivity contribution is -0.120. The molecule has 0 aliphatic carbocycles. The third kappa shape index (κ3) is 3.66. The zero-order valence-corrected chi connectivity index (χ0v) is 14.4. The predicted molar refractivity (Wildman–Crippen MR) is 96.0 cm³/mol.